The van der Waals surface area contributed by atoms with Crippen LogP contribution in [0.3, 0.4) is 0 Å². The van der Waals surface area contributed by atoms with Gasteiger partial charge in [0.05, 0.1) is 31.3 Å². The number of alkyl carbamates (subject to hydrolysis) is 1. The van der Waals surface area contributed by atoms with Gasteiger partial charge in [0.25, 0.3) is 0 Å². The molecule has 3 aliphatic heterocycles. The summed E-state index contributed by atoms with van der Waals surface area (Å²) in [7, 11) is 0. The molecule has 0 bridgehead atoms. The lowest BCUT2D eigenvalue weighted by Gasteiger charge is -2.31. The van der Waals surface area contributed by atoms with Gasteiger partial charge in [-0.25, -0.2) is 13.6 Å². The fourth-order valence-electron chi connectivity index (χ4n) is 6.40. The minimum atomic E-state index is -0.952. The molecule has 6 rings (SSSR count). The first kappa shape index (κ1) is 33.9. The summed E-state index contributed by atoms with van der Waals surface area (Å²) < 4.78 is 60.9. The molecule has 258 valence electrons. The summed E-state index contributed by atoms with van der Waals surface area (Å²) in [6, 6.07) is 15.5. The molecule has 2 fully saturated rings. The van der Waals surface area contributed by atoms with Crippen LogP contribution in [0.5, 0.6) is 17.2 Å². The lowest BCUT2D eigenvalue weighted by Crippen LogP contribution is -2.50. The van der Waals surface area contributed by atoms with E-state index in [1.165, 1.54) is 12.1 Å². The Kier molecular flexibility index (Phi) is 11.0. The zero-order valence-corrected chi connectivity index (χ0v) is 27.1. The van der Waals surface area contributed by atoms with Crippen LogP contribution in [0.2, 0.25) is 0 Å². The maximum atomic E-state index is 13.6. The van der Waals surface area contributed by atoms with Gasteiger partial charge in [-0.2, -0.15) is 0 Å². The molecule has 3 aliphatic rings. The number of hydrogen-bond acceptors (Lipinski definition) is 9. The highest BCUT2D eigenvalue weighted by Crippen LogP contribution is 2.34. The molecule has 2 saturated heterocycles. The Hall–Kier alpha value is -3.97. The van der Waals surface area contributed by atoms with Crippen LogP contribution in [0.15, 0.2) is 60.7 Å². The maximum Gasteiger partial charge on any atom is 0.407 e. The summed E-state index contributed by atoms with van der Waals surface area (Å²) in [6.07, 6.45) is -1.31. The number of fused-ring (bicyclic) bond motifs is 2. The van der Waals surface area contributed by atoms with Crippen molar-refractivity contribution in [3.8, 4) is 17.2 Å². The molecule has 10 nitrogen and oxygen atoms in total. The second-order valence-electron chi connectivity index (χ2n) is 13.0. The number of carbonyl (C=O) groups excluding carboxylic acids is 1. The summed E-state index contributed by atoms with van der Waals surface area (Å²) in [6.45, 7) is 6.80. The number of rotatable bonds is 14. The molecular weight excluding hydrogens is 626 g/mol. The lowest BCUT2D eigenvalue weighted by atomic mass is 10.00. The molecule has 3 aromatic rings. The number of nitrogens with zero attached hydrogens (tertiary/aromatic N) is 1. The van der Waals surface area contributed by atoms with Crippen molar-refractivity contribution < 1.29 is 47.1 Å². The smallest absolute Gasteiger partial charge is 0.407 e. The summed E-state index contributed by atoms with van der Waals surface area (Å²) >= 11 is 0. The third kappa shape index (κ3) is 8.93. The maximum absolute atomic E-state index is 13.6. The first-order valence-corrected chi connectivity index (χ1v) is 16.3. The summed E-state index contributed by atoms with van der Waals surface area (Å²) in [5.74, 6) is 0.884. The number of hydrogen-bond donors (Lipinski definition) is 2. The van der Waals surface area contributed by atoms with Gasteiger partial charge in [0, 0.05) is 25.7 Å². The number of carbonyl (C=O) groups is 1. The Labute approximate surface area is 278 Å². The molecule has 0 aromatic heterocycles. The normalized spacial score (nSPS) is 20.9. The molecule has 5 atom stereocenters. The summed E-state index contributed by atoms with van der Waals surface area (Å²) in [5.41, 5.74) is 2.22. The monoisotopic (exact) mass is 668 g/mol. The van der Waals surface area contributed by atoms with Gasteiger partial charge in [-0.3, -0.25) is 4.90 Å². The highest BCUT2D eigenvalue weighted by atomic mass is 19.1. The average molecular weight is 669 g/mol. The number of nitrogens with one attached hydrogen (secondary N) is 1. The first-order valence-electron chi connectivity index (χ1n) is 16.3. The molecule has 0 radical (unpaired) electrons. The van der Waals surface area contributed by atoms with E-state index in [1.807, 2.05) is 30.3 Å². The van der Waals surface area contributed by atoms with E-state index in [2.05, 4.69) is 24.1 Å². The number of amides is 1. The topological polar surface area (TPSA) is 108 Å². The fraction of sp³-hybridized carbons (Fsp3) is 0.472. The minimum absolute atomic E-state index is 0.00438. The molecule has 12 heteroatoms. The van der Waals surface area contributed by atoms with Crippen LogP contribution >= 0.6 is 0 Å². The van der Waals surface area contributed by atoms with Crippen molar-refractivity contribution in [1.82, 2.24) is 10.2 Å². The quantitative estimate of drug-likeness (QED) is 0.240. The van der Waals surface area contributed by atoms with Crippen LogP contribution in [-0.4, -0.2) is 73.7 Å². The number of aliphatic hydroxyl groups excluding tert-OH is 1. The average Bonchev–Trinajstić information content (AvgIpc) is 3.78. The SMILES string of the molecule is CC(C)CN(Cc1ccc2c(c1)OCO2)C[C@@H](O)[C@H](Cc1ccc(OCc2cc(F)cc(F)c2)cc1)NC(=O)O[C@H]1CO[C@H]2OCC[C@H]21. The Morgan fingerprint density at radius 2 is 1.71 bits per heavy atom. The fourth-order valence-corrected chi connectivity index (χ4v) is 6.40. The van der Waals surface area contributed by atoms with Crippen LogP contribution in [0.4, 0.5) is 13.6 Å². The van der Waals surface area contributed by atoms with E-state index in [1.54, 1.807) is 12.1 Å². The first-order chi connectivity index (χ1) is 23.2. The highest BCUT2D eigenvalue weighted by molar-refractivity contribution is 5.68. The number of aliphatic hydroxyl groups is 1. The zero-order valence-electron chi connectivity index (χ0n) is 27.1. The minimum Gasteiger partial charge on any atom is -0.489 e. The van der Waals surface area contributed by atoms with Crippen LogP contribution < -0.4 is 19.5 Å². The number of ether oxygens (including phenoxy) is 6. The van der Waals surface area contributed by atoms with Gasteiger partial charge in [0.2, 0.25) is 6.79 Å². The molecule has 0 saturated carbocycles. The Balaban J connectivity index is 1.13. The molecule has 0 aliphatic carbocycles. The van der Waals surface area contributed by atoms with E-state index >= 15 is 0 Å². The van der Waals surface area contributed by atoms with Crippen molar-refractivity contribution >= 4 is 6.09 Å². The largest absolute Gasteiger partial charge is 0.489 e. The Bertz CT molecular complexity index is 1520. The number of benzene rings is 3. The molecule has 0 unspecified atom stereocenters. The predicted molar refractivity (Wildman–Crippen MR) is 171 cm³/mol. The van der Waals surface area contributed by atoms with E-state index in [0.29, 0.717) is 54.8 Å². The van der Waals surface area contributed by atoms with Crippen LogP contribution in [0, 0.1) is 23.5 Å². The molecule has 48 heavy (non-hydrogen) atoms. The molecule has 2 N–H and O–H groups in total. The molecule has 3 heterocycles. The van der Waals surface area contributed by atoms with Gasteiger partial charge in [0.1, 0.15) is 30.1 Å². The van der Waals surface area contributed by atoms with Crippen molar-refractivity contribution in [2.24, 2.45) is 11.8 Å². The molecule has 3 aromatic carbocycles. The Morgan fingerprint density at radius 1 is 0.958 bits per heavy atom. The van der Waals surface area contributed by atoms with Gasteiger partial charge in [-0.05, 0) is 71.8 Å². The van der Waals surface area contributed by atoms with E-state index in [-0.39, 0.29) is 38.8 Å². The highest BCUT2D eigenvalue weighted by Gasteiger charge is 2.44. The van der Waals surface area contributed by atoms with Crippen molar-refractivity contribution in [3.63, 3.8) is 0 Å². The number of halogens is 2. The molecule has 1 amide bonds. The van der Waals surface area contributed by atoms with Gasteiger partial charge < -0.3 is 38.8 Å². The third-order valence-electron chi connectivity index (χ3n) is 8.63. The standard InChI is InChI=1S/C36H42F2N2O8/c1-22(2)16-40(17-24-5-8-32-33(14-24)47-21-46-32)18-31(41)30(39-36(42)48-34-20-45-35-29(34)9-10-43-35)13-23-3-6-28(7-4-23)44-19-25-11-26(37)15-27(38)12-25/h3-8,11-12,14-15,22,29-31,34-35,41H,9-10,13,16-21H2,1-2H3,(H,39,42)/t29-,30-,31+,34-,35+/m0/s1. The summed E-state index contributed by atoms with van der Waals surface area (Å²) in [5, 5.41) is 14.6. The van der Waals surface area contributed by atoms with Gasteiger partial charge in [0.15, 0.2) is 17.8 Å². The van der Waals surface area contributed by atoms with Crippen LogP contribution in [0.25, 0.3) is 0 Å². The summed E-state index contributed by atoms with van der Waals surface area (Å²) in [4.78, 5) is 15.4. The van der Waals surface area contributed by atoms with E-state index in [9.17, 15) is 18.7 Å². The van der Waals surface area contributed by atoms with E-state index in [4.69, 9.17) is 28.4 Å². The van der Waals surface area contributed by atoms with Crippen LogP contribution in [0.1, 0.15) is 37.0 Å². The van der Waals surface area contributed by atoms with E-state index in [0.717, 1.165) is 23.6 Å². The van der Waals surface area contributed by atoms with Gasteiger partial charge >= 0.3 is 6.09 Å². The second kappa shape index (κ2) is 15.5. The van der Waals surface area contributed by atoms with Crippen molar-refractivity contribution in [1.29, 1.82) is 0 Å². The third-order valence-corrected chi connectivity index (χ3v) is 8.63. The van der Waals surface area contributed by atoms with E-state index < -0.39 is 36.0 Å². The van der Waals surface area contributed by atoms with Crippen molar-refractivity contribution in [3.05, 3.63) is 89.0 Å². The van der Waals surface area contributed by atoms with Gasteiger partial charge in [-0.15, -0.1) is 0 Å². The lowest BCUT2D eigenvalue weighted by molar-refractivity contribution is -0.0907. The Morgan fingerprint density at radius 3 is 2.48 bits per heavy atom. The van der Waals surface area contributed by atoms with Gasteiger partial charge in [-0.1, -0.05) is 32.0 Å². The van der Waals surface area contributed by atoms with Crippen molar-refractivity contribution in [2.45, 2.75) is 64.4 Å². The van der Waals surface area contributed by atoms with Crippen molar-refractivity contribution in [2.75, 3.05) is 33.1 Å². The van der Waals surface area contributed by atoms with Crippen LogP contribution in [-0.2, 0) is 33.8 Å². The molecular formula is C36H42F2N2O8. The zero-order chi connectivity index (χ0) is 33.6. The predicted octanol–water partition coefficient (Wildman–Crippen LogP) is 5.19. The molecule has 0 spiro atoms. The second-order valence-corrected chi connectivity index (χ2v) is 13.0.